The quantitative estimate of drug-likeness (QED) is 0.810. The fourth-order valence-electron chi connectivity index (χ4n) is 2.50. The second-order valence-corrected chi connectivity index (χ2v) is 8.40. The Balaban J connectivity index is 1.88. The first kappa shape index (κ1) is 20.1. The average molecular weight is 375 g/mol. The number of nitrogens with one attached hydrogen (secondary N) is 1. The Kier molecular flexibility index (Phi) is 6.56. The van der Waals surface area contributed by atoms with Gasteiger partial charge in [-0.05, 0) is 49.6 Å². The molecule has 0 heterocycles. The van der Waals surface area contributed by atoms with Gasteiger partial charge in [-0.3, -0.25) is 4.79 Å². The molecular weight excluding hydrogens is 348 g/mol. The fraction of sp³-hybridized carbons (Fsp3) is 0.350. The molecule has 0 aromatic heterocycles. The molecule has 0 spiro atoms. The zero-order valence-electron chi connectivity index (χ0n) is 15.7. The van der Waals surface area contributed by atoms with E-state index in [0.717, 1.165) is 16.7 Å². The van der Waals surface area contributed by atoms with Gasteiger partial charge in [0.2, 0.25) is 15.9 Å². The van der Waals surface area contributed by atoms with Crippen LogP contribution < -0.4 is 4.72 Å². The van der Waals surface area contributed by atoms with Gasteiger partial charge in [0, 0.05) is 26.6 Å². The standard InChI is InChI=1S/C20H26N2O3S/c1-15-5-8-18(9-6-15)14-22(4)20(23)11-12-21-26(24,25)19-10-7-16(2)17(3)13-19/h5-10,13,21H,11-12,14H2,1-4H3. The van der Waals surface area contributed by atoms with E-state index in [4.69, 9.17) is 0 Å². The molecule has 1 amide bonds. The van der Waals surface area contributed by atoms with Gasteiger partial charge < -0.3 is 4.90 Å². The van der Waals surface area contributed by atoms with Crippen molar-refractivity contribution in [3.63, 3.8) is 0 Å². The van der Waals surface area contributed by atoms with Crippen LogP contribution in [0.5, 0.6) is 0 Å². The Bertz CT molecular complexity index is 874. The van der Waals surface area contributed by atoms with E-state index in [1.54, 1.807) is 30.1 Å². The van der Waals surface area contributed by atoms with Crippen LogP contribution in [0.2, 0.25) is 0 Å². The first-order valence-corrected chi connectivity index (χ1v) is 10.0. The van der Waals surface area contributed by atoms with E-state index >= 15 is 0 Å². The number of rotatable bonds is 7. The Hall–Kier alpha value is -2.18. The summed E-state index contributed by atoms with van der Waals surface area (Å²) in [6.45, 7) is 6.40. The van der Waals surface area contributed by atoms with Gasteiger partial charge in [-0.2, -0.15) is 0 Å². The summed E-state index contributed by atoms with van der Waals surface area (Å²) >= 11 is 0. The van der Waals surface area contributed by atoms with Crippen LogP contribution in [0.15, 0.2) is 47.4 Å². The smallest absolute Gasteiger partial charge is 0.240 e. The first-order chi connectivity index (χ1) is 12.2. The lowest BCUT2D eigenvalue weighted by Gasteiger charge is -2.17. The van der Waals surface area contributed by atoms with Crippen molar-refractivity contribution in [2.45, 2.75) is 38.6 Å². The molecule has 140 valence electrons. The number of nitrogens with zero attached hydrogens (tertiary/aromatic N) is 1. The summed E-state index contributed by atoms with van der Waals surface area (Å²) in [6, 6.07) is 13.0. The van der Waals surface area contributed by atoms with Crippen LogP contribution in [0.25, 0.3) is 0 Å². The van der Waals surface area contributed by atoms with Crippen LogP contribution in [-0.4, -0.2) is 32.8 Å². The van der Waals surface area contributed by atoms with Gasteiger partial charge in [0.05, 0.1) is 4.90 Å². The van der Waals surface area contributed by atoms with Gasteiger partial charge in [-0.25, -0.2) is 13.1 Å². The third-order valence-corrected chi connectivity index (χ3v) is 5.84. The van der Waals surface area contributed by atoms with Crippen molar-refractivity contribution in [1.82, 2.24) is 9.62 Å². The summed E-state index contributed by atoms with van der Waals surface area (Å²) in [5, 5.41) is 0. The molecule has 0 radical (unpaired) electrons. The second kappa shape index (κ2) is 8.47. The molecule has 2 rings (SSSR count). The molecule has 1 N–H and O–H groups in total. The number of carbonyl (C=O) groups excluding carboxylic acids is 1. The zero-order chi connectivity index (χ0) is 19.3. The SMILES string of the molecule is Cc1ccc(CN(C)C(=O)CCNS(=O)(=O)c2ccc(C)c(C)c2)cc1. The summed E-state index contributed by atoms with van der Waals surface area (Å²) in [6.07, 6.45) is 0.117. The van der Waals surface area contributed by atoms with Gasteiger partial charge in [0.1, 0.15) is 0 Å². The van der Waals surface area contributed by atoms with E-state index in [0.29, 0.717) is 6.54 Å². The minimum absolute atomic E-state index is 0.0757. The predicted molar refractivity (Wildman–Crippen MR) is 103 cm³/mol. The number of aryl methyl sites for hydroxylation is 3. The highest BCUT2D eigenvalue weighted by atomic mass is 32.2. The van der Waals surface area contributed by atoms with Gasteiger partial charge in [0.25, 0.3) is 0 Å². The molecule has 0 fully saturated rings. The Morgan fingerprint density at radius 1 is 1.00 bits per heavy atom. The molecule has 2 aromatic rings. The van der Waals surface area contributed by atoms with Crippen LogP contribution in [-0.2, 0) is 21.4 Å². The normalized spacial score (nSPS) is 11.4. The van der Waals surface area contributed by atoms with E-state index < -0.39 is 10.0 Å². The van der Waals surface area contributed by atoms with Crippen LogP contribution in [0.3, 0.4) is 0 Å². The molecule has 0 atom stereocenters. The number of benzene rings is 2. The number of hydrogen-bond acceptors (Lipinski definition) is 3. The van der Waals surface area contributed by atoms with Crippen molar-refractivity contribution in [2.75, 3.05) is 13.6 Å². The molecule has 5 nitrogen and oxygen atoms in total. The van der Waals surface area contributed by atoms with Crippen LogP contribution in [0, 0.1) is 20.8 Å². The molecule has 2 aromatic carbocycles. The average Bonchev–Trinajstić information content (AvgIpc) is 2.59. The van der Waals surface area contributed by atoms with Crippen molar-refractivity contribution in [2.24, 2.45) is 0 Å². The van der Waals surface area contributed by atoms with Crippen molar-refractivity contribution in [3.8, 4) is 0 Å². The van der Waals surface area contributed by atoms with Gasteiger partial charge in [-0.15, -0.1) is 0 Å². The van der Waals surface area contributed by atoms with E-state index in [1.165, 1.54) is 5.56 Å². The monoisotopic (exact) mass is 374 g/mol. The molecule has 0 bridgehead atoms. The summed E-state index contributed by atoms with van der Waals surface area (Å²) < 4.78 is 27.2. The maximum atomic E-state index is 12.3. The third kappa shape index (κ3) is 5.41. The highest BCUT2D eigenvalue weighted by Gasteiger charge is 2.16. The van der Waals surface area contributed by atoms with Gasteiger partial charge >= 0.3 is 0 Å². The molecule has 0 saturated carbocycles. The molecule has 6 heteroatoms. The van der Waals surface area contributed by atoms with E-state index in [1.807, 2.05) is 45.0 Å². The summed E-state index contributed by atoms with van der Waals surface area (Å²) in [5.74, 6) is -0.103. The summed E-state index contributed by atoms with van der Waals surface area (Å²) in [4.78, 5) is 14.1. The highest BCUT2D eigenvalue weighted by Crippen LogP contribution is 2.14. The molecule has 0 aliphatic carbocycles. The molecular formula is C20H26N2O3S. The fourth-order valence-corrected chi connectivity index (χ4v) is 3.62. The number of amides is 1. The van der Waals surface area contributed by atoms with Gasteiger partial charge in [0.15, 0.2) is 0 Å². The maximum Gasteiger partial charge on any atom is 0.240 e. The van der Waals surface area contributed by atoms with Crippen LogP contribution in [0.1, 0.15) is 28.7 Å². The lowest BCUT2D eigenvalue weighted by Crippen LogP contribution is -2.32. The minimum Gasteiger partial charge on any atom is -0.341 e. The molecule has 0 saturated heterocycles. The first-order valence-electron chi connectivity index (χ1n) is 8.55. The predicted octanol–water partition coefficient (Wildman–Crippen LogP) is 2.94. The summed E-state index contributed by atoms with van der Waals surface area (Å²) in [7, 11) is -1.88. The Morgan fingerprint density at radius 3 is 2.27 bits per heavy atom. The Morgan fingerprint density at radius 2 is 1.65 bits per heavy atom. The van der Waals surface area contributed by atoms with Crippen molar-refractivity contribution in [3.05, 3.63) is 64.7 Å². The zero-order valence-corrected chi connectivity index (χ0v) is 16.6. The van der Waals surface area contributed by atoms with Gasteiger partial charge in [-0.1, -0.05) is 35.9 Å². The van der Waals surface area contributed by atoms with E-state index in [2.05, 4.69) is 4.72 Å². The molecule has 0 unspecified atom stereocenters. The molecule has 0 aliphatic heterocycles. The van der Waals surface area contributed by atoms with E-state index in [9.17, 15) is 13.2 Å². The molecule has 0 aliphatic rings. The Labute approximate surface area is 156 Å². The second-order valence-electron chi connectivity index (χ2n) is 6.63. The number of hydrogen-bond donors (Lipinski definition) is 1. The van der Waals surface area contributed by atoms with Crippen molar-refractivity contribution < 1.29 is 13.2 Å². The lowest BCUT2D eigenvalue weighted by molar-refractivity contribution is -0.130. The van der Waals surface area contributed by atoms with Crippen molar-refractivity contribution >= 4 is 15.9 Å². The topological polar surface area (TPSA) is 66.5 Å². The van der Waals surface area contributed by atoms with Crippen LogP contribution in [0.4, 0.5) is 0 Å². The largest absolute Gasteiger partial charge is 0.341 e. The van der Waals surface area contributed by atoms with E-state index in [-0.39, 0.29) is 23.8 Å². The number of carbonyl (C=O) groups is 1. The summed E-state index contributed by atoms with van der Waals surface area (Å²) in [5.41, 5.74) is 4.17. The number of sulfonamides is 1. The highest BCUT2D eigenvalue weighted by molar-refractivity contribution is 7.89. The van der Waals surface area contributed by atoms with Crippen LogP contribution >= 0.6 is 0 Å². The molecule has 26 heavy (non-hydrogen) atoms. The lowest BCUT2D eigenvalue weighted by atomic mass is 10.1. The minimum atomic E-state index is -3.61. The maximum absolute atomic E-state index is 12.3. The van der Waals surface area contributed by atoms with Crippen molar-refractivity contribution in [1.29, 1.82) is 0 Å². The third-order valence-electron chi connectivity index (χ3n) is 4.39.